The number of rotatable bonds is 18. The Morgan fingerprint density at radius 2 is 0.827 bits per heavy atom. The number of benzene rings is 5. The van der Waals surface area contributed by atoms with E-state index in [0.29, 0.717) is 17.2 Å². The lowest BCUT2D eigenvalue weighted by molar-refractivity contribution is -0.451. The second-order valence-corrected chi connectivity index (χ2v) is 16.5. The van der Waals surface area contributed by atoms with E-state index in [0.717, 1.165) is 36.4 Å². The smallest absolute Gasteiger partial charge is 0.444 e. The van der Waals surface area contributed by atoms with E-state index < -0.39 is 106 Å². The summed E-state index contributed by atoms with van der Waals surface area (Å²) in [6.07, 6.45) is -9.87. The quantitative estimate of drug-likeness (QED) is 0.0380. The van der Waals surface area contributed by atoms with Crippen molar-refractivity contribution in [3.05, 3.63) is 158 Å². The average Bonchev–Trinajstić information content (AvgIpc) is 3.33. The third-order valence-corrected chi connectivity index (χ3v) is 10.8. The number of nitrogens with one attached hydrogen (secondary N) is 2. The molecule has 0 spiro atoms. The van der Waals surface area contributed by atoms with Gasteiger partial charge in [0.25, 0.3) is 0 Å². The van der Waals surface area contributed by atoms with E-state index in [1.165, 1.54) is 0 Å². The molecule has 0 aliphatic rings. The lowest BCUT2D eigenvalue weighted by Gasteiger charge is -2.41. The van der Waals surface area contributed by atoms with E-state index in [1.807, 2.05) is 0 Å². The Hall–Kier alpha value is -7.11. The molecule has 0 aliphatic heterocycles. The molecule has 0 aromatic heterocycles. The number of carbonyl (C=O) groups excluding carboxylic acids is 4. The van der Waals surface area contributed by atoms with Gasteiger partial charge < -0.3 is 23.7 Å². The van der Waals surface area contributed by atoms with E-state index in [-0.39, 0.29) is 45.7 Å². The molecule has 0 fully saturated rings. The van der Waals surface area contributed by atoms with Gasteiger partial charge in [-0.05, 0) is 97.6 Å². The molecule has 2 N–H and O–H groups in total. The summed E-state index contributed by atoms with van der Waals surface area (Å²) in [6, 6.07) is 20.1. The first-order chi connectivity index (χ1) is 34.6. The van der Waals surface area contributed by atoms with Gasteiger partial charge >= 0.3 is 71.8 Å². The number of anilines is 2. The summed E-state index contributed by atoms with van der Waals surface area (Å²) in [5, 5.41) is 4.68. The zero-order valence-electron chi connectivity index (χ0n) is 36.2. The third kappa shape index (κ3) is 12.7. The van der Waals surface area contributed by atoms with Gasteiger partial charge in [0, 0.05) is 11.4 Å². The molecule has 0 radical (unpaired) electrons. The van der Waals surface area contributed by atoms with Crippen molar-refractivity contribution < 1.29 is 117 Å². The molecule has 402 valence electrons. The summed E-state index contributed by atoms with van der Waals surface area (Å²) in [7, 11) is 0. The minimum Gasteiger partial charge on any atom is -0.444 e. The second-order valence-electron chi connectivity index (χ2n) is 14.8. The van der Waals surface area contributed by atoms with Crippen LogP contribution in [0.5, 0.6) is 17.2 Å². The Balaban J connectivity index is 1.45. The van der Waals surface area contributed by atoms with Gasteiger partial charge in [-0.15, -0.1) is 0 Å². The van der Waals surface area contributed by atoms with Gasteiger partial charge in [0.15, 0.2) is 0 Å². The maximum absolute atomic E-state index is 15.1. The molecular weight excluding hydrogens is 1200 g/mol. The van der Waals surface area contributed by atoms with Gasteiger partial charge in [-0.25, -0.2) is 19.2 Å². The highest BCUT2D eigenvalue weighted by molar-refractivity contribution is 9.11. The Morgan fingerprint density at radius 3 is 1.20 bits per heavy atom. The molecule has 0 atom stereocenters. The summed E-state index contributed by atoms with van der Waals surface area (Å²) >= 11 is 6.04. The van der Waals surface area contributed by atoms with Crippen molar-refractivity contribution in [3.63, 3.8) is 0 Å². The molecule has 0 heterocycles. The Labute approximate surface area is 424 Å². The molecule has 5 rings (SSSR count). The highest BCUT2D eigenvalue weighted by Crippen LogP contribution is 2.63. The normalized spacial score (nSPS) is 13.0. The highest BCUT2D eigenvalue weighted by atomic mass is 79.9. The number of carbonyl (C=O) groups is 4. The van der Waals surface area contributed by atoms with Crippen LogP contribution in [-0.2, 0) is 22.7 Å². The Kier molecular flexibility index (Phi) is 17.5. The summed E-state index contributed by atoms with van der Waals surface area (Å²) in [5.74, 6) is -61.8. The van der Waals surface area contributed by atoms with Gasteiger partial charge in [0.2, 0.25) is 5.83 Å². The molecule has 0 unspecified atom stereocenters. The molecule has 5 aromatic carbocycles. The molecule has 0 saturated carbocycles. The average molecular weight is 1220 g/mol. The topological polar surface area (TPSA) is 138 Å². The van der Waals surface area contributed by atoms with Crippen molar-refractivity contribution in [2.24, 2.45) is 0 Å². The van der Waals surface area contributed by atoms with Gasteiger partial charge in [-0.3, -0.25) is 10.6 Å². The lowest BCUT2D eigenvalue weighted by Crippen LogP contribution is -2.72. The van der Waals surface area contributed by atoms with Crippen LogP contribution < -0.4 is 24.8 Å². The van der Waals surface area contributed by atoms with E-state index in [4.69, 9.17) is 18.9 Å². The lowest BCUT2D eigenvalue weighted by atomic mass is 9.91. The predicted octanol–water partition coefficient (Wildman–Crippen LogP) is 15.0. The van der Waals surface area contributed by atoms with Crippen LogP contribution in [-0.4, -0.2) is 65.8 Å². The Bertz CT molecular complexity index is 2830. The molecule has 0 aliphatic carbocycles. The van der Waals surface area contributed by atoms with Crippen LogP contribution in [0.2, 0.25) is 0 Å². The van der Waals surface area contributed by atoms with E-state index in [1.54, 1.807) is 60.7 Å². The van der Waals surface area contributed by atoms with E-state index in [9.17, 15) is 89.4 Å². The maximum atomic E-state index is 15.1. The van der Waals surface area contributed by atoms with Crippen LogP contribution in [0.3, 0.4) is 0 Å². The summed E-state index contributed by atoms with van der Waals surface area (Å²) in [5.41, 5.74) is -0.955. The van der Waals surface area contributed by atoms with Gasteiger partial charge in [-0.2, -0.15) is 74.6 Å². The molecule has 0 bridgehead atoms. The maximum Gasteiger partial charge on any atom is 0.460 e. The fraction of sp³-hybridized carbons (Fsp3) is 0.200. The zero-order valence-corrected chi connectivity index (χ0v) is 39.4. The predicted molar refractivity (Wildman–Crippen MR) is 231 cm³/mol. The van der Waals surface area contributed by atoms with Crippen molar-refractivity contribution >= 4 is 67.4 Å². The summed E-state index contributed by atoms with van der Waals surface area (Å²) < 4.78 is 261. The minimum atomic E-state index is -8.84. The van der Waals surface area contributed by atoms with Crippen LogP contribution in [0.1, 0.15) is 31.8 Å². The van der Waals surface area contributed by atoms with Crippen molar-refractivity contribution in [2.45, 2.75) is 54.9 Å². The van der Waals surface area contributed by atoms with Crippen LogP contribution in [0.4, 0.5) is 95.6 Å². The van der Waals surface area contributed by atoms with Gasteiger partial charge in [0.1, 0.15) is 30.5 Å². The minimum absolute atomic E-state index is 0.000705. The van der Waals surface area contributed by atoms with Crippen molar-refractivity contribution in [2.75, 3.05) is 10.6 Å². The number of amides is 2. The summed E-state index contributed by atoms with van der Waals surface area (Å²) in [6.45, 7) is -0.320. The fourth-order valence-corrected chi connectivity index (χ4v) is 6.58. The standard InChI is InChI=1S/C45H25Br2F17N2O9/c46-29-18-26(65-37(69)71-20-22-7-3-1-4-8-22)11-13-31(29)74-35(67)24-15-25(36(68)75-32-14-12-27(19-30(32)47)66-38(70)72-21-23-9-5-2-6-10-23)17-28(16-24)73-34(49)33(48)39(50,51)40(52,53)41(54,55)42(56,57)43(58,59)44(60,61)45(62,63)64/h1-19H,20-21H2,(H,65,69)(H,66,70). The molecule has 11 nitrogen and oxygen atoms in total. The number of hydrogen-bond donors (Lipinski definition) is 2. The van der Waals surface area contributed by atoms with Gasteiger partial charge in [0.05, 0.1) is 20.1 Å². The largest absolute Gasteiger partial charge is 0.460 e. The molecule has 5 aromatic rings. The molecule has 75 heavy (non-hydrogen) atoms. The van der Waals surface area contributed by atoms with Crippen LogP contribution in [0.15, 0.2) is 136 Å². The number of ether oxygens (including phenoxy) is 5. The number of halogens is 19. The third-order valence-electron chi connectivity index (χ3n) is 9.55. The molecule has 30 heteroatoms. The fourth-order valence-electron chi connectivity index (χ4n) is 5.66. The van der Waals surface area contributed by atoms with Crippen LogP contribution in [0, 0.1) is 0 Å². The number of allylic oxidation sites excluding steroid dienone is 1. The van der Waals surface area contributed by atoms with Crippen molar-refractivity contribution in [1.82, 2.24) is 0 Å². The van der Waals surface area contributed by atoms with Crippen molar-refractivity contribution in [3.8, 4) is 17.2 Å². The Morgan fingerprint density at radius 1 is 0.453 bits per heavy atom. The molecule has 0 saturated heterocycles. The number of alkyl halides is 15. The van der Waals surface area contributed by atoms with Gasteiger partial charge in [-0.1, -0.05) is 60.7 Å². The first-order valence-corrected chi connectivity index (χ1v) is 21.4. The molecule has 2 amide bonds. The van der Waals surface area contributed by atoms with E-state index in [2.05, 4.69) is 47.2 Å². The van der Waals surface area contributed by atoms with Crippen molar-refractivity contribution in [1.29, 1.82) is 0 Å². The van der Waals surface area contributed by atoms with Crippen LogP contribution in [0.25, 0.3) is 0 Å². The number of esters is 2. The zero-order chi connectivity index (χ0) is 56.1. The number of hydrogen-bond acceptors (Lipinski definition) is 9. The second kappa shape index (κ2) is 22.4. The monoisotopic (exact) mass is 1220 g/mol. The molecular formula is C45H25Br2F17N2O9. The summed E-state index contributed by atoms with van der Waals surface area (Å²) in [4.78, 5) is 51.5. The first-order valence-electron chi connectivity index (χ1n) is 19.9. The first kappa shape index (κ1) is 58.8. The highest BCUT2D eigenvalue weighted by Gasteiger charge is 2.94. The SMILES string of the molecule is O=C(Nc1ccc(OC(=O)c2cc(OC(F)=C(F)C(F)(F)C(F)(F)C(F)(F)C(F)(F)C(F)(F)C(F)(F)C(F)(F)F)cc(C(=O)Oc3ccc(NC(=O)OCc4ccccc4)cc3Br)c2)c(Br)c1)OCc1ccccc1. The van der Waals surface area contributed by atoms with E-state index >= 15 is 4.39 Å². The van der Waals surface area contributed by atoms with Crippen LogP contribution >= 0.6 is 31.9 Å².